The van der Waals surface area contributed by atoms with Gasteiger partial charge < -0.3 is 0 Å². The quantitative estimate of drug-likeness (QED) is 0.141. The lowest BCUT2D eigenvalue weighted by atomic mass is 9.85. The van der Waals surface area contributed by atoms with Gasteiger partial charge in [-0.1, -0.05) is 176 Å². The van der Waals surface area contributed by atoms with Crippen LogP contribution in [0.4, 0.5) is 0 Å². The summed E-state index contributed by atoms with van der Waals surface area (Å²) in [5, 5.41) is 7.14. The van der Waals surface area contributed by atoms with Crippen molar-refractivity contribution in [3.63, 3.8) is 0 Å². The Bertz CT molecular complexity index is 2640. The third-order valence-electron chi connectivity index (χ3n) is 10.4. The minimum atomic E-state index is 0.238. The molecule has 0 aliphatic heterocycles. The Morgan fingerprint density at radius 2 is 0.878 bits per heavy atom. The molecular formula is C48H31N. The molecule has 9 aromatic rings. The summed E-state index contributed by atoms with van der Waals surface area (Å²) in [5.74, 6) is 0.238. The van der Waals surface area contributed by atoms with Crippen molar-refractivity contribution in [3.8, 4) is 22.3 Å². The maximum atomic E-state index is 5.36. The average Bonchev–Trinajstić information content (AvgIpc) is 3.57. The summed E-state index contributed by atoms with van der Waals surface area (Å²) < 4.78 is 0. The van der Waals surface area contributed by atoms with Crippen LogP contribution in [-0.4, -0.2) is 4.98 Å². The first-order valence-corrected chi connectivity index (χ1v) is 17.0. The first-order valence-electron chi connectivity index (χ1n) is 17.0. The Labute approximate surface area is 285 Å². The zero-order chi connectivity index (χ0) is 32.3. The largest absolute Gasteiger partial charge is 0.246 e. The van der Waals surface area contributed by atoms with Crippen LogP contribution < -0.4 is 0 Å². The van der Waals surface area contributed by atoms with Gasteiger partial charge in [-0.25, -0.2) is 4.98 Å². The van der Waals surface area contributed by atoms with Crippen LogP contribution in [0.3, 0.4) is 0 Å². The van der Waals surface area contributed by atoms with E-state index in [-0.39, 0.29) is 5.92 Å². The summed E-state index contributed by atoms with van der Waals surface area (Å²) in [6.45, 7) is 0. The van der Waals surface area contributed by atoms with Crippen LogP contribution in [0.5, 0.6) is 0 Å². The molecule has 228 valence electrons. The van der Waals surface area contributed by atoms with E-state index in [9.17, 15) is 0 Å². The second kappa shape index (κ2) is 11.1. The number of fused-ring (bicyclic) bond motifs is 7. The minimum Gasteiger partial charge on any atom is -0.246 e. The lowest BCUT2D eigenvalue weighted by Crippen LogP contribution is -2.01. The van der Waals surface area contributed by atoms with Crippen molar-refractivity contribution >= 4 is 55.0 Å². The number of aromatic nitrogens is 1. The molecule has 1 nitrogen and oxygen atoms in total. The van der Waals surface area contributed by atoms with Crippen molar-refractivity contribution in [2.45, 2.75) is 5.92 Å². The maximum absolute atomic E-state index is 5.36. The zero-order valence-electron chi connectivity index (χ0n) is 26.8. The highest BCUT2D eigenvalue weighted by Gasteiger charge is 2.27. The van der Waals surface area contributed by atoms with E-state index in [4.69, 9.17) is 4.98 Å². The lowest BCUT2D eigenvalue weighted by Gasteiger charge is -2.18. The highest BCUT2D eigenvalue weighted by molar-refractivity contribution is 6.21. The fraction of sp³-hybridized carbons (Fsp3) is 0.0208. The number of hydrogen-bond acceptors (Lipinski definition) is 1. The molecular weight excluding hydrogens is 591 g/mol. The van der Waals surface area contributed by atoms with Gasteiger partial charge in [0, 0.05) is 33.0 Å². The number of nitrogens with zero attached hydrogens (tertiary/aromatic N) is 1. The topological polar surface area (TPSA) is 12.9 Å². The highest BCUT2D eigenvalue weighted by Crippen LogP contribution is 2.46. The van der Waals surface area contributed by atoms with Gasteiger partial charge in [0.15, 0.2) is 0 Å². The molecule has 1 aromatic heterocycles. The molecule has 0 N–H and O–H groups in total. The molecule has 0 spiro atoms. The Balaban J connectivity index is 1.06. The molecule has 1 heterocycles. The van der Waals surface area contributed by atoms with E-state index in [1.54, 1.807) is 0 Å². The van der Waals surface area contributed by atoms with Crippen LogP contribution >= 0.6 is 0 Å². The molecule has 1 aliphatic carbocycles. The van der Waals surface area contributed by atoms with Crippen molar-refractivity contribution in [1.29, 1.82) is 0 Å². The van der Waals surface area contributed by atoms with E-state index in [1.165, 1.54) is 82.4 Å². The smallest absolute Gasteiger partial charge is 0.0794 e. The molecule has 1 atom stereocenters. The summed E-state index contributed by atoms with van der Waals surface area (Å²) >= 11 is 0. The van der Waals surface area contributed by atoms with Gasteiger partial charge in [0.1, 0.15) is 0 Å². The number of hydrogen-bond donors (Lipinski definition) is 0. The second-order valence-electron chi connectivity index (χ2n) is 13.1. The van der Waals surface area contributed by atoms with Gasteiger partial charge in [0.2, 0.25) is 0 Å². The number of pyridine rings is 1. The molecule has 49 heavy (non-hydrogen) atoms. The molecule has 0 radical (unpaired) electrons. The third kappa shape index (κ3) is 4.51. The van der Waals surface area contributed by atoms with Gasteiger partial charge in [-0.05, 0) is 61.4 Å². The van der Waals surface area contributed by atoms with E-state index in [2.05, 4.69) is 182 Å². The van der Waals surface area contributed by atoms with E-state index >= 15 is 0 Å². The van der Waals surface area contributed by atoms with Gasteiger partial charge >= 0.3 is 0 Å². The van der Waals surface area contributed by atoms with Crippen molar-refractivity contribution in [1.82, 2.24) is 4.98 Å². The minimum absolute atomic E-state index is 0.238. The van der Waals surface area contributed by atoms with Crippen LogP contribution in [-0.2, 0) is 0 Å². The molecule has 8 aromatic carbocycles. The average molecular weight is 622 g/mol. The van der Waals surface area contributed by atoms with E-state index in [1.807, 2.05) is 0 Å². The fourth-order valence-corrected chi connectivity index (χ4v) is 7.99. The first-order chi connectivity index (χ1) is 24.3. The summed E-state index contributed by atoms with van der Waals surface area (Å²) in [7, 11) is 0. The molecule has 10 rings (SSSR count). The SMILES string of the molecule is C1=C(c2ccc(-c3ccc(-c4c5ccc6ccccc6c5nc5c4ccc4ccccc45)cc3)cc2)C(c2ccccc2)c2ccccc21. The molecule has 0 saturated heterocycles. The third-order valence-corrected chi connectivity index (χ3v) is 10.4. The van der Waals surface area contributed by atoms with Gasteiger partial charge in [0.05, 0.1) is 11.0 Å². The number of benzene rings is 8. The van der Waals surface area contributed by atoms with Crippen LogP contribution in [0, 0.1) is 0 Å². The van der Waals surface area contributed by atoms with Gasteiger partial charge in [-0.2, -0.15) is 0 Å². The van der Waals surface area contributed by atoms with Gasteiger partial charge in [-0.15, -0.1) is 0 Å². The molecule has 0 fully saturated rings. The Morgan fingerprint density at radius 3 is 1.51 bits per heavy atom. The highest BCUT2D eigenvalue weighted by atomic mass is 14.7. The normalized spacial score (nSPS) is 14.0. The maximum Gasteiger partial charge on any atom is 0.0794 e. The zero-order valence-corrected chi connectivity index (χ0v) is 26.8. The molecule has 0 saturated carbocycles. The van der Waals surface area contributed by atoms with Crippen LogP contribution in [0.1, 0.15) is 28.2 Å². The summed E-state index contributed by atoms with van der Waals surface area (Å²) in [5.41, 5.74) is 13.6. The van der Waals surface area contributed by atoms with Crippen molar-refractivity contribution in [3.05, 3.63) is 198 Å². The van der Waals surface area contributed by atoms with Crippen LogP contribution in [0.2, 0.25) is 0 Å². The predicted molar refractivity (Wildman–Crippen MR) is 208 cm³/mol. The molecule has 0 amide bonds. The molecule has 1 heteroatoms. The van der Waals surface area contributed by atoms with Crippen molar-refractivity contribution in [2.24, 2.45) is 0 Å². The van der Waals surface area contributed by atoms with Crippen molar-refractivity contribution in [2.75, 3.05) is 0 Å². The van der Waals surface area contributed by atoms with Crippen LogP contribution in [0.25, 0.3) is 77.3 Å². The Morgan fingerprint density at radius 1 is 0.367 bits per heavy atom. The second-order valence-corrected chi connectivity index (χ2v) is 13.1. The number of rotatable bonds is 4. The van der Waals surface area contributed by atoms with Crippen LogP contribution in [0.15, 0.2) is 176 Å². The molecule has 1 aliphatic rings. The van der Waals surface area contributed by atoms with Gasteiger partial charge in [0.25, 0.3) is 0 Å². The van der Waals surface area contributed by atoms with E-state index in [0.29, 0.717) is 0 Å². The monoisotopic (exact) mass is 621 g/mol. The van der Waals surface area contributed by atoms with Crippen molar-refractivity contribution < 1.29 is 0 Å². The number of allylic oxidation sites excluding steroid dienone is 1. The summed E-state index contributed by atoms with van der Waals surface area (Å²) in [4.78, 5) is 5.36. The molecule has 1 unspecified atom stereocenters. The summed E-state index contributed by atoms with van der Waals surface area (Å²) in [6, 6.07) is 64.0. The lowest BCUT2D eigenvalue weighted by molar-refractivity contribution is 1.07. The standard InChI is InChI=1S/C48H31N/c1-2-12-36(13-3-1)45-39-15-7-6-14-38(39)30-44(45)35-22-18-31(19-23-35)32-20-24-37(25-21-32)46-42-28-26-33-10-4-8-16-40(33)47(42)49-48-41-17-9-5-11-34(41)27-29-43(46)48/h1-30,45H. The fourth-order valence-electron chi connectivity index (χ4n) is 7.99. The van der Waals surface area contributed by atoms with Gasteiger partial charge in [-0.3, -0.25) is 0 Å². The van der Waals surface area contributed by atoms with E-state index < -0.39 is 0 Å². The first kappa shape index (κ1) is 27.8. The Hall–Kier alpha value is -6.31. The molecule has 0 bridgehead atoms. The van der Waals surface area contributed by atoms with E-state index in [0.717, 1.165) is 11.0 Å². The summed E-state index contributed by atoms with van der Waals surface area (Å²) in [6.07, 6.45) is 2.37. The Kier molecular flexibility index (Phi) is 6.32. The predicted octanol–water partition coefficient (Wildman–Crippen LogP) is 12.7.